The first-order valence-electron chi connectivity index (χ1n) is 4.98. The summed E-state index contributed by atoms with van der Waals surface area (Å²) < 4.78 is 0. The zero-order chi connectivity index (χ0) is 11.9. The smallest absolute Gasteiger partial charge is 0.230 e. The van der Waals surface area contributed by atoms with Crippen molar-refractivity contribution in [3.05, 3.63) is 36.7 Å². The predicted octanol–water partition coefficient (Wildman–Crippen LogP) is 0.608. The molecule has 2 aromatic rings. The van der Waals surface area contributed by atoms with Crippen LogP contribution in [0.25, 0.3) is 0 Å². The Kier molecular flexibility index (Phi) is 4.09. The summed E-state index contributed by atoms with van der Waals surface area (Å²) in [7, 11) is 0. The molecule has 1 amide bonds. The number of thioether (sulfide) groups is 1. The van der Waals surface area contributed by atoms with Gasteiger partial charge in [-0.3, -0.25) is 14.9 Å². The molecule has 0 unspecified atom stereocenters. The predicted molar refractivity (Wildman–Crippen MR) is 63.2 cm³/mol. The molecular formula is C10H11N5OS. The van der Waals surface area contributed by atoms with E-state index in [-0.39, 0.29) is 5.91 Å². The van der Waals surface area contributed by atoms with E-state index in [4.69, 9.17) is 0 Å². The Balaban J connectivity index is 1.71. The lowest BCUT2D eigenvalue weighted by atomic mass is 10.5. The van der Waals surface area contributed by atoms with Gasteiger partial charge in [0.15, 0.2) is 0 Å². The van der Waals surface area contributed by atoms with Gasteiger partial charge >= 0.3 is 0 Å². The van der Waals surface area contributed by atoms with Crippen molar-refractivity contribution in [1.29, 1.82) is 0 Å². The van der Waals surface area contributed by atoms with Crippen LogP contribution >= 0.6 is 11.8 Å². The Morgan fingerprint density at radius 2 is 2.24 bits per heavy atom. The highest BCUT2D eigenvalue weighted by Crippen LogP contribution is 2.15. The van der Waals surface area contributed by atoms with Crippen LogP contribution in [-0.2, 0) is 11.3 Å². The Bertz CT molecular complexity index is 459. The number of nitrogens with one attached hydrogen (secondary N) is 2. The summed E-state index contributed by atoms with van der Waals surface area (Å²) in [5.41, 5.74) is 0. The minimum absolute atomic E-state index is 0.0387. The van der Waals surface area contributed by atoms with Crippen LogP contribution in [0.4, 0.5) is 0 Å². The molecule has 2 aromatic heterocycles. The van der Waals surface area contributed by atoms with E-state index in [1.54, 1.807) is 12.4 Å². The normalized spacial score (nSPS) is 10.1. The van der Waals surface area contributed by atoms with Crippen LogP contribution in [0.2, 0.25) is 0 Å². The van der Waals surface area contributed by atoms with Gasteiger partial charge < -0.3 is 5.32 Å². The highest BCUT2D eigenvalue weighted by molar-refractivity contribution is 8.00. The molecule has 2 rings (SSSR count). The molecule has 0 aliphatic heterocycles. The maximum atomic E-state index is 11.5. The van der Waals surface area contributed by atoms with Crippen molar-refractivity contribution >= 4 is 17.7 Å². The van der Waals surface area contributed by atoms with Crippen molar-refractivity contribution in [1.82, 2.24) is 25.5 Å². The second kappa shape index (κ2) is 6.00. The molecule has 0 saturated heterocycles. The maximum absolute atomic E-state index is 11.5. The Morgan fingerprint density at radius 1 is 1.41 bits per heavy atom. The number of rotatable bonds is 5. The molecule has 2 N–H and O–H groups in total. The van der Waals surface area contributed by atoms with E-state index >= 15 is 0 Å². The molecule has 2 heterocycles. The molecular weight excluding hydrogens is 238 g/mol. The highest BCUT2D eigenvalue weighted by atomic mass is 32.2. The minimum atomic E-state index is -0.0387. The molecule has 0 bridgehead atoms. The molecule has 0 aliphatic rings. The number of H-pyrrole nitrogens is 1. The van der Waals surface area contributed by atoms with Gasteiger partial charge in [0.25, 0.3) is 0 Å². The van der Waals surface area contributed by atoms with Crippen molar-refractivity contribution in [2.24, 2.45) is 0 Å². The fraction of sp³-hybridized carbons (Fsp3) is 0.200. The van der Waals surface area contributed by atoms with Gasteiger partial charge in [0.05, 0.1) is 12.3 Å². The highest BCUT2D eigenvalue weighted by Gasteiger charge is 2.03. The van der Waals surface area contributed by atoms with Crippen LogP contribution in [0.15, 0.2) is 35.7 Å². The molecule has 0 spiro atoms. The molecule has 0 radical (unpaired) electrons. The third kappa shape index (κ3) is 3.87. The van der Waals surface area contributed by atoms with E-state index in [1.165, 1.54) is 18.1 Å². The standard InChI is InChI=1S/C10H11N5OS/c16-10(12-5-9-13-7-14-15-9)6-17-8-1-3-11-4-2-8/h1-4,7H,5-6H2,(H,12,16)(H,13,14,15). The summed E-state index contributed by atoms with van der Waals surface area (Å²) in [6, 6.07) is 3.74. The van der Waals surface area contributed by atoms with Crippen molar-refractivity contribution in [3.63, 3.8) is 0 Å². The molecule has 0 atom stereocenters. The fourth-order valence-electron chi connectivity index (χ4n) is 1.13. The van der Waals surface area contributed by atoms with Crippen molar-refractivity contribution in [3.8, 4) is 0 Å². The summed E-state index contributed by atoms with van der Waals surface area (Å²) in [4.78, 5) is 20.3. The number of aromatic amines is 1. The average molecular weight is 249 g/mol. The molecule has 0 fully saturated rings. The van der Waals surface area contributed by atoms with Crippen LogP contribution in [0.3, 0.4) is 0 Å². The van der Waals surface area contributed by atoms with Crippen LogP contribution < -0.4 is 5.32 Å². The molecule has 0 aromatic carbocycles. The van der Waals surface area contributed by atoms with Crippen molar-refractivity contribution in [2.45, 2.75) is 11.4 Å². The van der Waals surface area contributed by atoms with Gasteiger partial charge in [0.2, 0.25) is 5.91 Å². The Morgan fingerprint density at radius 3 is 2.94 bits per heavy atom. The number of carbonyl (C=O) groups is 1. The third-order valence-electron chi connectivity index (χ3n) is 1.94. The zero-order valence-corrected chi connectivity index (χ0v) is 9.78. The van der Waals surface area contributed by atoms with Crippen LogP contribution in [0.1, 0.15) is 5.82 Å². The molecule has 0 saturated carbocycles. The van der Waals surface area contributed by atoms with E-state index in [2.05, 4.69) is 25.5 Å². The number of pyridine rings is 1. The monoisotopic (exact) mass is 249 g/mol. The Labute approximate surface area is 102 Å². The van der Waals surface area contributed by atoms with Crippen LogP contribution in [0.5, 0.6) is 0 Å². The van der Waals surface area contributed by atoms with Gasteiger partial charge in [-0.15, -0.1) is 11.8 Å². The molecule has 88 valence electrons. The van der Waals surface area contributed by atoms with Gasteiger partial charge in [-0.1, -0.05) is 0 Å². The quantitative estimate of drug-likeness (QED) is 0.758. The largest absolute Gasteiger partial charge is 0.348 e. The zero-order valence-electron chi connectivity index (χ0n) is 8.96. The third-order valence-corrected chi connectivity index (χ3v) is 2.95. The van der Waals surface area contributed by atoms with E-state index in [1.807, 2.05) is 12.1 Å². The second-order valence-electron chi connectivity index (χ2n) is 3.18. The van der Waals surface area contributed by atoms with E-state index in [0.29, 0.717) is 18.1 Å². The number of hydrogen-bond acceptors (Lipinski definition) is 5. The maximum Gasteiger partial charge on any atom is 0.230 e. The van der Waals surface area contributed by atoms with Gasteiger partial charge in [0.1, 0.15) is 12.2 Å². The minimum Gasteiger partial charge on any atom is -0.348 e. The molecule has 7 heteroatoms. The van der Waals surface area contributed by atoms with Gasteiger partial charge in [-0.25, -0.2) is 4.98 Å². The van der Waals surface area contributed by atoms with Crippen LogP contribution in [0, 0.1) is 0 Å². The number of hydrogen-bond donors (Lipinski definition) is 2. The lowest BCUT2D eigenvalue weighted by molar-refractivity contribution is -0.118. The first-order chi connectivity index (χ1) is 8.34. The Hall–Kier alpha value is -1.89. The number of aromatic nitrogens is 4. The fourth-order valence-corrected chi connectivity index (χ4v) is 1.85. The lowest BCUT2D eigenvalue weighted by Gasteiger charge is -2.02. The van der Waals surface area contributed by atoms with E-state index in [0.717, 1.165) is 4.90 Å². The summed E-state index contributed by atoms with van der Waals surface area (Å²) in [5.74, 6) is 0.980. The average Bonchev–Trinajstić information content (AvgIpc) is 2.88. The van der Waals surface area contributed by atoms with Gasteiger partial charge in [0, 0.05) is 17.3 Å². The first kappa shape index (κ1) is 11.6. The summed E-state index contributed by atoms with van der Waals surface area (Å²) >= 11 is 1.47. The van der Waals surface area contributed by atoms with Gasteiger partial charge in [-0.05, 0) is 12.1 Å². The van der Waals surface area contributed by atoms with E-state index < -0.39 is 0 Å². The van der Waals surface area contributed by atoms with Crippen LogP contribution in [-0.4, -0.2) is 31.8 Å². The summed E-state index contributed by atoms with van der Waals surface area (Å²) in [5, 5.41) is 9.12. The lowest BCUT2D eigenvalue weighted by Crippen LogP contribution is -2.25. The summed E-state index contributed by atoms with van der Waals surface area (Å²) in [6.45, 7) is 0.371. The van der Waals surface area contributed by atoms with E-state index in [9.17, 15) is 4.79 Å². The van der Waals surface area contributed by atoms with Crippen molar-refractivity contribution < 1.29 is 4.79 Å². The van der Waals surface area contributed by atoms with Gasteiger partial charge in [-0.2, -0.15) is 5.10 Å². The number of nitrogens with zero attached hydrogens (tertiary/aromatic N) is 3. The first-order valence-corrected chi connectivity index (χ1v) is 5.97. The molecule has 17 heavy (non-hydrogen) atoms. The van der Waals surface area contributed by atoms with Crippen molar-refractivity contribution in [2.75, 3.05) is 5.75 Å². The summed E-state index contributed by atoms with van der Waals surface area (Å²) in [6.07, 6.45) is 4.82. The molecule has 0 aliphatic carbocycles. The SMILES string of the molecule is O=C(CSc1ccncc1)NCc1ncn[nH]1. The molecule has 6 nitrogen and oxygen atoms in total. The second-order valence-corrected chi connectivity index (χ2v) is 4.23. The number of amides is 1. The number of carbonyl (C=O) groups excluding carboxylic acids is 1. The topological polar surface area (TPSA) is 83.6 Å².